The zero-order valence-corrected chi connectivity index (χ0v) is 19.3. The molecule has 1 aromatic rings. The number of benzene rings is 1. The van der Waals surface area contributed by atoms with Crippen molar-refractivity contribution in [3.63, 3.8) is 0 Å². The van der Waals surface area contributed by atoms with Crippen LogP contribution in [0.5, 0.6) is 0 Å². The quantitative estimate of drug-likeness (QED) is 0.126. The van der Waals surface area contributed by atoms with Crippen LogP contribution in [0.2, 0.25) is 0 Å². The van der Waals surface area contributed by atoms with Gasteiger partial charge in [0.1, 0.15) is 0 Å². The van der Waals surface area contributed by atoms with Gasteiger partial charge in [0.15, 0.2) is 6.61 Å². The highest BCUT2D eigenvalue weighted by molar-refractivity contribution is 9.12. The number of carbonyl (C=O) groups is 4. The molecule has 0 radical (unpaired) electrons. The molecule has 31 heavy (non-hydrogen) atoms. The lowest BCUT2D eigenvalue weighted by Gasteiger charge is -2.28. The van der Waals surface area contributed by atoms with E-state index in [9.17, 15) is 29.3 Å². The van der Waals surface area contributed by atoms with Gasteiger partial charge in [-0.25, -0.2) is 0 Å². The van der Waals surface area contributed by atoms with Crippen LogP contribution in [0, 0.1) is 33.8 Å². The molecule has 1 heterocycles. The Labute approximate surface area is 193 Å². The SMILES string of the molecule is O=C(CCN1C(=O)[C@@H]2[C@H]3C[C@@H]([C@H](Br)[C@H]3Br)[C@H]2C1=O)OCC(=O)c1cccc([N+](=O)[O-])c1. The number of alkyl halides is 2. The standard InChI is InChI=1S/C20H18Br2N2O7/c21-17-11-7-12(18(17)22)16-15(11)19(27)23(20(16)28)5-4-14(26)31-8-13(25)9-2-1-3-10(6-9)24(29)30/h1-3,6,11-12,15-18H,4-5,7-8H2/t11-,12-,15-,16-,17+,18+/m1/s1. The minimum atomic E-state index is -0.726. The van der Waals surface area contributed by atoms with Crippen molar-refractivity contribution < 1.29 is 28.8 Å². The van der Waals surface area contributed by atoms with Crippen LogP contribution in [0.15, 0.2) is 24.3 Å². The Morgan fingerprint density at radius 1 is 1.13 bits per heavy atom. The summed E-state index contributed by atoms with van der Waals surface area (Å²) in [5.74, 6) is -2.29. The van der Waals surface area contributed by atoms with Crippen LogP contribution in [0.4, 0.5) is 5.69 Å². The first-order valence-electron chi connectivity index (χ1n) is 9.77. The summed E-state index contributed by atoms with van der Waals surface area (Å²) >= 11 is 7.24. The Morgan fingerprint density at radius 2 is 1.74 bits per heavy atom. The highest BCUT2D eigenvalue weighted by Gasteiger charge is 2.66. The molecule has 0 N–H and O–H groups in total. The lowest BCUT2D eigenvalue weighted by atomic mass is 9.81. The Balaban J connectivity index is 1.30. The van der Waals surface area contributed by atoms with E-state index in [0.717, 1.165) is 17.4 Å². The number of esters is 1. The topological polar surface area (TPSA) is 124 Å². The summed E-state index contributed by atoms with van der Waals surface area (Å²) in [6.45, 7) is -0.665. The predicted octanol–water partition coefficient (Wildman–Crippen LogP) is 2.49. The van der Waals surface area contributed by atoms with Crippen LogP contribution in [0.1, 0.15) is 23.2 Å². The van der Waals surface area contributed by atoms with Gasteiger partial charge in [0, 0.05) is 33.9 Å². The molecule has 164 valence electrons. The number of imide groups is 1. The minimum Gasteiger partial charge on any atom is -0.457 e. The Morgan fingerprint density at radius 3 is 2.32 bits per heavy atom. The second-order valence-corrected chi connectivity index (χ2v) is 10.1. The molecule has 2 aliphatic carbocycles. The lowest BCUT2D eigenvalue weighted by Crippen LogP contribution is -2.37. The van der Waals surface area contributed by atoms with E-state index in [2.05, 4.69) is 31.9 Å². The predicted molar refractivity (Wildman–Crippen MR) is 114 cm³/mol. The molecule has 2 bridgehead atoms. The Kier molecular flexibility index (Phi) is 5.99. The molecule has 6 atom stereocenters. The van der Waals surface area contributed by atoms with Gasteiger partial charge in [-0.15, -0.1) is 0 Å². The largest absolute Gasteiger partial charge is 0.457 e. The molecule has 2 amide bonds. The number of ketones is 1. The number of nitro groups is 1. The minimum absolute atomic E-state index is 0.0591. The van der Waals surface area contributed by atoms with Gasteiger partial charge in [-0.2, -0.15) is 0 Å². The van der Waals surface area contributed by atoms with Gasteiger partial charge in [0.25, 0.3) is 5.69 Å². The van der Waals surface area contributed by atoms with E-state index < -0.39 is 23.3 Å². The average Bonchev–Trinajstić information content (AvgIpc) is 3.35. The maximum Gasteiger partial charge on any atom is 0.308 e. The van der Waals surface area contributed by atoms with Gasteiger partial charge in [-0.1, -0.05) is 44.0 Å². The van der Waals surface area contributed by atoms with Crippen molar-refractivity contribution >= 4 is 61.1 Å². The van der Waals surface area contributed by atoms with Crippen LogP contribution in [0.3, 0.4) is 0 Å². The van der Waals surface area contributed by atoms with Crippen molar-refractivity contribution in [3.8, 4) is 0 Å². The summed E-state index contributed by atoms with van der Waals surface area (Å²) in [6, 6.07) is 5.13. The molecule has 11 heteroatoms. The fourth-order valence-electron chi connectivity index (χ4n) is 4.93. The second-order valence-electron chi connectivity index (χ2n) is 7.97. The third kappa shape index (κ3) is 3.82. The fourth-order valence-corrected chi connectivity index (χ4v) is 6.80. The van der Waals surface area contributed by atoms with E-state index in [1.54, 1.807) is 0 Å². The summed E-state index contributed by atoms with van der Waals surface area (Å²) in [4.78, 5) is 61.4. The molecule has 9 nitrogen and oxygen atoms in total. The summed E-state index contributed by atoms with van der Waals surface area (Å²) in [5, 5.41) is 10.8. The molecule has 4 rings (SSSR count). The van der Waals surface area contributed by atoms with Gasteiger partial charge < -0.3 is 4.74 Å². The number of non-ortho nitro benzene ring substituents is 1. The number of nitrogens with zero attached hydrogens (tertiary/aromatic N) is 2. The maximum absolute atomic E-state index is 12.8. The van der Waals surface area contributed by atoms with Crippen molar-refractivity contribution in [3.05, 3.63) is 39.9 Å². The van der Waals surface area contributed by atoms with E-state index >= 15 is 0 Å². The van der Waals surface area contributed by atoms with Crippen molar-refractivity contribution in [2.45, 2.75) is 22.5 Å². The number of likely N-dealkylation sites (tertiary alicyclic amines) is 1. The third-order valence-electron chi connectivity index (χ3n) is 6.36. The van der Waals surface area contributed by atoms with Crippen molar-refractivity contribution in [1.82, 2.24) is 4.90 Å². The third-order valence-corrected chi connectivity index (χ3v) is 9.57. The Bertz CT molecular complexity index is 952. The highest BCUT2D eigenvalue weighted by atomic mass is 79.9. The molecule has 1 aliphatic heterocycles. The van der Waals surface area contributed by atoms with Crippen molar-refractivity contribution in [2.75, 3.05) is 13.2 Å². The number of nitro benzene ring substituents is 1. The monoisotopic (exact) mass is 556 g/mol. The smallest absolute Gasteiger partial charge is 0.308 e. The number of fused-ring (bicyclic) bond motifs is 5. The number of ether oxygens (including phenoxy) is 1. The molecule has 1 aromatic carbocycles. The molecular weight excluding hydrogens is 540 g/mol. The normalized spacial score (nSPS) is 31.1. The zero-order valence-electron chi connectivity index (χ0n) is 16.1. The van der Waals surface area contributed by atoms with Crippen LogP contribution >= 0.6 is 31.9 Å². The molecular formula is C20H18Br2N2O7. The molecule has 0 spiro atoms. The summed E-state index contributed by atoms with van der Waals surface area (Å²) < 4.78 is 4.95. The fraction of sp³-hybridized carbons (Fsp3) is 0.500. The van der Waals surface area contributed by atoms with E-state index in [-0.39, 0.29) is 69.4 Å². The first-order valence-corrected chi connectivity index (χ1v) is 11.6. The summed E-state index contributed by atoms with van der Waals surface area (Å²) in [5.41, 5.74) is -0.178. The second kappa shape index (κ2) is 8.42. The van der Waals surface area contributed by atoms with E-state index in [1.165, 1.54) is 18.2 Å². The van der Waals surface area contributed by atoms with Crippen LogP contribution in [0.25, 0.3) is 0 Å². The van der Waals surface area contributed by atoms with Gasteiger partial charge in [-0.05, 0) is 18.3 Å². The summed E-state index contributed by atoms with van der Waals surface area (Å²) in [6.07, 6.45) is 0.609. The average molecular weight is 558 g/mol. The number of hydrogen-bond acceptors (Lipinski definition) is 7. The van der Waals surface area contributed by atoms with Gasteiger partial charge in [0.2, 0.25) is 17.6 Å². The van der Waals surface area contributed by atoms with Crippen LogP contribution in [-0.4, -0.2) is 56.2 Å². The number of amides is 2. The van der Waals surface area contributed by atoms with Crippen molar-refractivity contribution in [2.24, 2.45) is 23.7 Å². The maximum atomic E-state index is 12.8. The molecule has 0 unspecified atom stereocenters. The van der Waals surface area contributed by atoms with E-state index in [1.807, 2.05) is 0 Å². The van der Waals surface area contributed by atoms with E-state index in [4.69, 9.17) is 4.74 Å². The van der Waals surface area contributed by atoms with Crippen LogP contribution < -0.4 is 0 Å². The number of Topliss-reactive ketones (excluding diaryl/α,β-unsaturated/α-hetero) is 1. The van der Waals surface area contributed by atoms with E-state index in [0.29, 0.717) is 0 Å². The van der Waals surface area contributed by atoms with Crippen molar-refractivity contribution in [1.29, 1.82) is 0 Å². The lowest BCUT2D eigenvalue weighted by molar-refractivity contribution is -0.384. The highest BCUT2D eigenvalue weighted by Crippen LogP contribution is 2.60. The molecule has 0 aromatic heterocycles. The number of rotatable bonds is 7. The van der Waals surface area contributed by atoms with Gasteiger partial charge in [0.05, 0.1) is 23.2 Å². The molecule has 3 fully saturated rings. The Hall–Kier alpha value is -2.14. The summed E-state index contributed by atoms with van der Waals surface area (Å²) in [7, 11) is 0. The molecule has 3 aliphatic rings. The van der Waals surface area contributed by atoms with Gasteiger partial charge in [-0.3, -0.25) is 34.2 Å². The number of halogens is 2. The first kappa shape index (κ1) is 22.1. The number of hydrogen-bond donors (Lipinski definition) is 0. The van der Waals surface area contributed by atoms with Gasteiger partial charge >= 0.3 is 5.97 Å². The first-order chi connectivity index (χ1) is 14.7. The molecule has 2 saturated carbocycles. The van der Waals surface area contributed by atoms with Crippen LogP contribution in [-0.2, 0) is 19.1 Å². The number of carbonyl (C=O) groups excluding carboxylic acids is 4. The zero-order chi connectivity index (χ0) is 22.4. The molecule has 1 saturated heterocycles.